The first-order valence-corrected chi connectivity index (χ1v) is 12.5. The van der Waals surface area contributed by atoms with Crippen LogP contribution in [0.25, 0.3) is 0 Å². The standard InChI is InChI=1S/C24H29N3O5S/c1-16-12-19-13-22(9-10-23(19)27(16)17(2)28)33(30,31)26-11-5-6-18(15-26)24(29)25-20-7-4-8-21(14-20)32-3/h4,7-10,13-14,16,18H,5-6,11-12,15H2,1-3H3,(H,25,29). The quantitative estimate of drug-likeness (QED) is 0.723. The number of methoxy groups -OCH3 is 1. The van der Waals surface area contributed by atoms with E-state index >= 15 is 0 Å². The first-order chi connectivity index (χ1) is 15.7. The van der Waals surface area contributed by atoms with Crippen molar-refractivity contribution in [3.63, 3.8) is 0 Å². The van der Waals surface area contributed by atoms with E-state index in [1.807, 2.05) is 6.92 Å². The Kier molecular flexibility index (Phi) is 6.45. The fraction of sp³-hybridized carbons (Fsp3) is 0.417. The summed E-state index contributed by atoms with van der Waals surface area (Å²) in [6.07, 6.45) is 1.84. The first kappa shape index (κ1) is 23.3. The van der Waals surface area contributed by atoms with Crippen LogP contribution < -0.4 is 15.0 Å². The highest BCUT2D eigenvalue weighted by atomic mass is 32.2. The van der Waals surface area contributed by atoms with Crippen molar-refractivity contribution in [1.29, 1.82) is 0 Å². The van der Waals surface area contributed by atoms with Crippen LogP contribution in [0.15, 0.2) is 47.4 Å². The molecule has 0 aliphatic carbocycles. The van der Waals surface area contributed by atoms with Gasteiger partial charge in [-0.25, -0.2) is 8.42 Å². The van der Waals surface area contributed by atoms with Crippen LogP contribution >= 0.6 is 0 Å². The number of anilines is 2. The molecule has 2 aromatic rings. The lowest BCUT2D eigenvalue weighted by Crippen LogP contribution is -2.43. The van der Waals surface area contributed by atoms with Crippen molar-refractivity contribution in [1.82, 2.24) is 4.31 Å². The Hall–Kier alpha value is -2.91. The number of piperidine rings is 1. The van der Waals surface area contributed by atoms with E-state index in [0.29, 0.717) is 37.2 Å². The number of ether oxygens (including phenoxy) is 1. The number of hydrogen-bond acceptors (Lipinski definition) is 5. The Bertz CT molecular complexity index is 1180. The summed E-state index contributed by atoms with van der Waals surface area (Å²) in [5.41, 5.74) is 2.23. The summed E-state index contributed by atoms with van der Waals surface area (Å²) in [7, 11) is -2.20. The van der Waals surface area contributed by atoms with Gasteiger partial charge in [-0.05, 0) is 62.1 Å². The molecule has 9 heteroatoms. The molecular weight excluding hydrogens is 442 g/mol. The topological polar surface area (TPSA) is 96.0 Å². The van der Waals surface area contributed by atoms with E-state index < -0.39 is 15.9 Å². The third-order valence-electron chi connectivity index (χ3n) is 6.34. The van der Waals surface area contributed by atoms with E-state index in [4.69, 9.17) is 4.74 Å². The van der Waals surface area contributed by atoms with E-state index in [9.17, 15) is 18.0 Å². The molecule has 2 unspecified atom stereocenters. The Labute approximate surface area is 194 Å². The zero-order chi connectivity index (χ0) is 23.8. The number of nitrogens with one attached hydrogen (secondary N) is 1. The van der Waals surface area contributed by atoms with Gasteiger partial charge in [-0.3, -0.25) is 9.59 Å². The predicted molar refractivity (Wildman–Crippen MR) is 126 cm³/mol. The molecule has 1 N–H and O–H groups in total. The van der Waals surface area contributed by atoms with Crippen molar-refractivity contribution >= 4 is 33.2 Å². The zero-order valence-electron chi connectivity index (χ0n) is 19.1. The van der Waals surface area contributed by atoms with Crippen molar-refractivity contribution in [2.75, 3.05) is 30.4 Å². The second-order valence-corrected chi connectivity index (χ2v) is 10.6. The van der Waals surface area contributed by atoms with Crippen LogP contribution in [0.5, 0.6) is 5.75 Å². The third kappa shape index (κ3) is 4.60. The van der Waals surface area contributed by atoms with E-state index in [1.165, 1.54) is 11.2 Å². The van der Waals surface area contributed by atoms with Gasteiger partial charge in [-0.2, -0.15) is 4.31 Å². The molecule has 0 bridgehead atoms. The van der Waals surface area contributed by atoms with Gasteiger partial charge in [0.1, 0.15) is 5.75 Å². The highest BCUT2D eigenvalue weighted by Gasteiger charge is 2.35. The molecule has 2 aromatic carbocycles. The number of amides is 2. The maximum atomic E-state index is 13.4. The predicted octanol–water partition coefficient (Wildman–Crippen LogP) is 3.03. The summed E-state index contributed by atoms with van der Waals surface area (Å²) in [5, 5.41) is 2.87. The summed E-state index contributed by atoms with van der Waals surface area (Å²) in [5.74, 6) is -0.0712. The molecule has 8 nitrogen and oxygen atoms in total. The van der Waals surface area contributed by atoms with Crippen molar-refractivity contribution in [2.45, 2.75) is 44.0 Å². The number of hydrogen-bond donors (Lipinski definition) is 1. The van der Waals surface area contributed by atoms with Gasteiger partial charge < -0.3 is 15.0 Å². The summed E-state index contributed by atoms with van der Waals surface area (Å²) in [4.78, 5) is 26.7. The minimum Gasteiger partial charge on any atom is -0.497 e. The van der Waals surface area contributed by atoms with Crippen molar-refractivity contribution < 1.29 is 22.7 Å². The average Bonchev–Trinajstić information content (AvgIpc) is 3.14. The molecule has 1 saturated heterocycles. The lowest BCUT2D eigenvalue weighted by molar-refractivity contribution is -0.121. The summed E-state index contributed by atoms with van der Waals surface area (Å²) < 4.78 is 33.4. The average molecular weight is 472 g/mol. The summed E-state index contributed by atoms with van der Waals surface area (Å²) in [6.45, 7) is 3.97. The number of nitrogens with zero attached hydrogens (tertiary/aromatic N) is 2. The molecule has 2 aliphatic rings. The third-order valence-corrected chi connectivity index (χ3v) is 8.20. The molecule has 176 valence electrons. The monoisotopic (exact) mass is 471 g/mol. The maximum absolute atomic E-state index is 13.4. The fourth-order valence-corrected chi connectivity index (χ4v) is 6.29. The van der Waals surface area contributed by atoms with E-state index in [0.717, 1.165) is 11.3 Å². The largest absolute Gasteiger partial charge is 0.497 e. The Balaban J connectivity index is 1.50. The van der Waals surface area contributed by atoms with Gasteiger partial charge in [-0.1, -0.05) is 6.07 Å². The van der Waals surface area contributed by atoms with Crippen molar-refractivity contribution in [2.24, 2.45) is 5.92 Å². The van der Waals surface area contributed by atoms with Gasteiger partial charge in [0.05, 0.1) is 17.9 Å². The molecule has 0 radical (unpaired) electrons. The lowest BCUT2D eigenvalue weighted by atomic mass is 9.98. The van der Waals surface area contributed by atoms with Gasteiger partial charge in [0.25, 0.3) is 0 Å². The molecule has 0 aromatic heterocycles. The smallest absolute Gasteiger partial charge is 0.243 e. The molecule has 2 atom stereocenters. The zero-order valence-corrected chi connectivity index (χ0v) is 19.9. The molecule has 1 fully saturated rings. The van der Waals surface area contributed by atoms with Crippen LogP contribution in [-0.2, 0) is 26.0 Å². The SMILES string of the molecule is COc1cccc(NC(=O)C2CCCN(S(=O)(=O)c3ccc4c(c3)CC(C)N4C(C)=O)C2)c1. The molecule has 2 amide bonds. The van der Waals surface area contributed by atoms with Gasteiger partial charge in [0.2, 0.25) is 21.8 Å². The minimum atomic E-state index is -3.76. The van der Waals surface area contributed by atoms with Gasteiger partial charge in [-0.15, -0.1) is 0 Å². The number of carbonyl (C=O) groups is 2. The highest BCUT2D eigenvalue weighted by Crippen LogP contribution is 2.35. The molecule has 0 saturated carbocycles. The van der Waals surface area contributed by atoms with Gasteiger partial charge in [0.15, 0.2) is 0 Å². The second kappa shape index (κ2) is 9.15. The Morgan fingerprint density at radius 2 is 1.94 bits per heavy atom. The molecule has 4 rings (SSSR count). The maximum Gasteiger partial charge on any atom is 0.243 e. The Morgan fingerprint density at radius 3 is 2.67 bits per heavy atom. The fourth-order valence-electron chi connectivity index (χ4n) is 4.72. The normalized spacial score (nSPS) is 20.9. The van der Waals surface area contributed by atoms with Crippen LogP contribution in [0.3, 0.4) is 0 Å². The second-order valence-electron chi connectivity index (χ2n) is 8.66. The lowest BCUT2D eigenvalue weighted by Gasteiger charge is -2.31. The molecule has 2 aliphatic heterocycles. The molecular formula is C24H29N3O5S. The van der Waals surface area contributed by atoms with Crippen LogP contribution in [0, 0.1) is 5.92 Å². The van der Waals surface area contributed by atoms with Crippen LogP contribution in [0.4, 0.5) is 11.4 Å². The minimum absolute atomic E-state index is 0.00451. The first-order valence-electron chi connectivity index (χ1n) is 11.1. The summed E-state index contributed by atoms with van der Waals surface area (Å²) in [6, 6.07) is 12.0. The van der Waals surface area contributed by atoms with E-state index in [2.05, 4.69) is 5.32 Å². The van der Waals surface area contributed by atoms with E-state index in [-0.39, 0.29) is 29.3 Å². The molecule has 33 heavy (non-hydrogen) atoms. The van der Waals surface area contributed by atoms with Crippen LogP contribution in [0.1, 0.15) is 32.3 Å². The number of rotatable bonds is 5. The molecule has 2 heterocycles. The van der Waals surface area contributed by atoms with Crippen molar-refractivity contribution in [3.8, 4) is 5.75 Å². The molecule has 0 spiro atoms. The van der Waals surface area contributed by atoms with E-state index in [1.54, 1.807) is 54.5 Å². The van der Waals surface area contributed by atoms with Gasteiger partial charge >= 0.3 is 0 Å². The van der Waals surface area contributed by atoms with Crippen LogP contribution in [-0.4, -0.2) is 50.8 Å². The van der Waals surface area contributed by atoms with Crippen LogP contribution in [0.2, 0.25) is 0 Å². The Morgan fingerprint density at radius 1 is 1.15 bits per heavy atom. The van der Waals surface area contributed by atoms with Crippen molar-refractivity contribution in [3.05, 3.63) is 48.0 Å². The van der Waals surface area contributed by atoms with Gasteiger partial charge in [0, 0.05) is 43.5 Å². The number of fused-ring (bicyclic) bond motifs is 1. The highest BCUT2D eigenvalue weighted by molar-refractivity contribution is 7.89. The number of sulfonamides is 1. The summed E-state index contributed by atoms with van der Waals surface area (Å²) >= 11 is 0. The number of carbonyl (C=O) groups excluding carboxylic acids is 2. The number of benzene rings is 2.